The van der Waals surface area contributed by atoms with Crippen molar-refractivity contribution in [1.29, 1.82) is 0 Å². The van der Waals surface area contributed by atoms with Crippen LogP contribution < -0.4 is 4.74 Å². The van der Waals surface area contributed by atoms with Gasteiger partial charge in [0.25, 0.3) is 0 Å². The molecular formula is C20H14F3O. The van der Waals surface area contributed by atoms with Gasteiger partial charge in [0.15, 0.2) is 0 Å². The number of ether oxygens (including phenoxy) is 1. The van der Waals surface area contributed by atoms with E-state index < -0.39 is 11.7 Å². The summed E-state index contributed by atoms with van der Waals surface area (Å²) in [5.41, 5.74) is 1.89. The van der Waals surface area contributed by atoms with E-state index >= 15 is 0 Å². The summed E-state index contributed by atoms with van der Waals surface area (Å²) in [6.45, 7) is 0.179. The molecule has 3 aromatic rings. The van der Waals surface area contributed by atoms with Crippen molar-refractivity contribution >= 4 is 0 Å². The highest BCUT2D eigenvalue weighted by Crippen LogP contribution is 2.31. The van der Waals surface area contributed by atoms with Gasteiger partial charge in [0.2, 0.25) is 0 Å². The topological polar surface area (TPSA) is 9.23 Å². The van der Waals surface area contributed by atoms with Crippen LogP contribution in [0, 0.1) is 6.07 Å². The summed E-state index contributed by atoms with van der Waals surface area (Å²) in [5, 5.41) is 0. The Morgan fingerprint density at radius 1 is 0.833 bits per heavy atom. The van der Waals surface area contributed by atoms with Crippen molar-refractivity contribution in [3.8, 4) is 16.9 Å². The van der Waals surface area contributed by atoms with E-state index in [0.717, 1.165) is 23.3 Å². The molecule has 0 aliphatic rings. The van der Waals surface area contributed by atoms with E-state index in [1.165, 1.54) is 12.1 Å². The van der Waals surface area contributed by atoms with Crippen LogP contribution in [0.2, 0.25) is 0 Å². The second kappa shape index (κ2) is 6.79. The number of rotatable bonds is 4. The molecule has 24 heavy (non-hydrogen) atoms. The van der Waals surface area contributed by atoms with E-state index in [9.17, 15) is 13.2 Å². The lowest BCUT2D eigenvalue weighted by atomic mass is 10.0. The van der Waals surface area contributed by atoms with E-state index in [2.05, 4.69) is 6.07 Å². The maximum absolute atomic E-state index is 12.6. The Labute approximate surface area is 138 Å². The Hall–Kier alpha value is -2.75. The first-order valence-corrected chi connectivity index (χ1v) is 7.39. The summed E-state index contributed by atoms with van der Waals surface area (Å²) in [7, 11) is 0. The van der Waals surface area contributed by atoms with E-state index in [0.29, 0.717) is 11.3 Å². The summed E-state index contributed by atoms with van der Waals surface area (Å²) in [6, 6.07) is 23.3. The lowest BCUT2D eigenvalue weighted by Gasteiger charge is -2.12. The minimum absolute atomic E-state index is 0.179. The minimum atomic E-state index is -4.33. The molecule has 0 amide bonds. The number of hydrogen-bond donors (Lipinski definition) is 0. The molecule has 0 N–H and O–H groups in total. The molecule has 0 fully saturated rings. The highest BCUT2D eigenvalue weighted by atomic mass is 19.4. The third-order valence-electron chi connectivity index (χ3n) is 3.57. The first kappa shape index (κ1) is 16.1. The molecule has 121 valence electrons. The van der Waals surface area contributed by atoms with Gasteiger partial charge >= 0.3 is 6.18 Å². The Bertz CT molecular complexity index is 793. The highest BCUT2D eigenvalue weighted by Gasteiger charge is 2.29. The molecule has 0 aliphatic heterocycles. The lowest BCUT2D eigenvalue weighted by molar-refractivity contribution is -0.137. The smallest absolute Gasteiger partial charge is 0.416 e. The van der Waals surface area contributed by atoms with Gasteiger partial charge in [-0.15, -0.1) is 0 Å². The van der Waals surface area contributed by atoms with Gasteiger partial charge in [-0.1, -0.05) is 60.7 Å². The quantitative estimate of drug-likeness (QED) is 0.593. The van der Waals surface area contributed by atoms with Gasteiger partial charge < -0.3 is 4.74 Å². The van der Waals surface area contributed by atoms with Crippen LogP contribution in [0.15, 0.2) is 72.8 Å². The first-order valence-electron chi connectivity index (χ1n) is 7.39. The molecule has 0 unspecified atom stereocenters. The molecular weight excluding hydrogens is 313 g/mol. The Balaban J connectivity index is 1.76. The molecule has 0 aromatic heterocycles. The van der Waals surface area contributed by atoms with Crippen molar-refractivity contribution < 1.29 is 17.9 Å². The Kier molecular flexibility index (Phi) is 4.56. The molecule has 0 saturated carbocycles. The van der Waals surface area contributed by atoms with Crippen LogP contribution in [-0.4, -0.2) is 0 Å². The normalized spacial score (nSPS) is 11.3. The SMILES string of the molecule is FC(F)(F)c1ccc(COc2[c]cccc2-c2ccccc2)cc1. The van der Waals surface area contributed by atoms with E-state index in [4.69, 9.17) is 4.74 Å². The summed E-state index contributed by atoms with van der Waals surface area (Å²) in [6.07, 6.45) is -4.33. The zero-order chi connectivity index (χ0) is 17.0. The number of para-hydroxylation sites is 1. The van der Waals surface area contributed by atoms with Crippen LogP contribution in [0.3, 0.4) is 0 Å². The number of benzene rings is 3. The molecule has 0 spiro atoms. The fraction of sp³-hybridized carbons (Fsp3) is 0.100. The van der Waals surface area contributed by atoms with Crippen LogP contribution in [0.1, 0.15) is 11.1 Å². The predicted molar refractivity (Wildman–Crippen MR) is 86.5 cm³/mol. The van der Waals surface area contributed by atoms with Crippen molar-refractivity contribution in [3.63, 3.8) is 0 Å². The van der Waals surface area contributed by atoms with Crippen molar-refractivity contribution in [3.05, 3.63) is 90.0 Å². The molecule has 3 aromatic carbocycles. The summed E-state index contributed by atoms with van der Waals surface area (Å²) < 4.78 is 43.5. The third kappa shape index (κ3) is 3.77. The fourth-order valence-electron chi connectivity index (χ4n) is 2.33. The van der Waals surface area contributed by atoms with E-state index in [1.807, 2.05) is 42.5 Å². The second-order valence-corrected chi connectivity index (χ2v) is 5.26. The molecule has 0 saturated heterocycles. The van der Waals surface area contributed by atoms with Crippen LogP contribution >= 0.6 is 0 Å². The lowest BCUT2D eigenvalue weighted by Crippen LogP contribution is -2.05. The van der Waals surface area contributed by atoms with E-state index in [1.54, 1.807) is 6.07 Å². The largest absolute Gasteiger partial charge is 0.488 e. The zero-order valence-corrected chi connectivity index (χ0v) is 12.7. The molecule has 1 radical (unpaired) electrons. The summed E-state index contributed by atoms with van der Waals surface area (Å²) in [4.78, 5) is 0. The minimum Gasteiger partial charge on any atom is -0.488 e. The van der Waals surface area contributed by atoms with Crippen molar-refractivity contribution in [2.45, 2.75) is 12.8 Å². The monoisotopic (exact) mass is 327 g/mol. The van der Waals surface area contributed by atoms with Crippen LogP contribution in [0.5, 0.6) is 5.75 Å². The Morgan fingerprint density at radius 3 is 2.21 bits per heavy atom. The first-order chi connectivity index (χ1) is 11.5. The van der Waals surface area contributed by atoms with Gasteiger partial charge in [0, 0.05) is 11.6 Å². The van der Waals surface area contributed by atoms with E-state index in [-0.39, 0.29) is 6.61 Å². The molecule has 4 heteroatoms. The van der Waals surface area contributed by atoms with Gasteiger partial charge in [-0.25, -0.2) is 0 Å². The summed E-state index contributed by atoms with van der Waals surface area (Å²) >= 11 is 0. The highest BCUT2D eigenvalue weighted by molar-refractivity contribution is 5.69. The van der Waals surface area contributed by atoms with Crippen LogP contribution in [0.25, 0.3) is 11.1 Å². The summed E-state index contributed by atoms with van der Waals surface area (Å²) in [5.74, 6) is 0.573. The van der Waals surface area contributed by atoms with Gasteiger partial charge in [-0.05, 0) is 23.3 Å². The predicted octanol–water partition coefficient (Wildman–Crippen LogP) is 5.75. The molecule has 0 aliphatic carbocycles. The molecule has 1 nitrogen and oxygen atoms in total. The molecule has 0 bridgehead atoms. The van der Waals surface area contributed by atoms with Gasteiger partial charge in [0.05, 0.1) is 5.56 Å². The number of hydrogen-bond acceptors (Lipinski definition) is 1. The van der Waals surface area contributed by atoms with Crippen LogP contribution in [-0.2, 0) is 12.8 Å². The zero-order valence-electron chi connectivity index (χ0n) is 12.7. The fourth-order valence-corrected chi connectivity index (χ4v) is 2.33. The van der Waals surface area contributed by atoms with Gasteiger partial charge in [0.1, 0.15) is 12.4 Å². The molecule has 3 rings (SSSR count). The molecule has 0 atom stereocenters. The average molecular weight is 327 g/mol. The van der Waals surface area contributed by atoms with Crippen molar-refractivity contribution in [2.24, 2.45) is 0 Å². The van der Waals surface area contributed by atoms with Gasteiger partial charge in [-0.2, -0.15) is 13.2 Å². The maximum Gasteiger partial charge on any atom is 0.416 e. The average Bonchev–Trinajstić information content (AvgIpc) is 2.60. The Morgan fingerprint density at radius 2 is 1.54 bits per heavy atom. The van der Waals surface area contributed by atoms with Gasteiger partial charge in [-0.3, -0.25) is 0 Å². The van der Waals surface area contributed by atoms with Crippen molar-refractivity contribution in [1.82, 2.24) is 0 Å². The third-order valence-corrected chi connectivity index (χ3v) is 3.57. The maximum atomic E-state index is 12.6. The standard InChI is InChI=1S/C20H14F3O/c21-20(22,23)17-12-10-15(11-13-17)14-24-19-9-5-4-8-18(19)16-6-2-1-3-7-16/h1-8,10-13H,14H2. The van der Waals surface area contributed by atoms with Crippen molar-refractivity contribution in [2.75, 3.05) is 0 Å². The molecule has 0 heterocycles. The second-order valence-electron chi connectivity index (χ2n) is 5.26. The van der Waals surface area contributed by atoms with Crippen LogP contribution in [0.4, 0.5) is 13.2 Å². The number of alkyl halides is 3. The number of halogens is 3.